The Morgan fingerprint density at radius 1 is 1.35 bits per heavy atom. The van der Waals surface area contributed by atoms with Crippen molar-refractivity contribution in [2.45, 2.75) is 32.6 Å². The summed E-state index contributed by atoms with van der Waals surface area (Å²) in [4.78, 5) is 11.7. The molecular weight excluding hydrogens is 214 g/mol. The Labute approximate surface area is 103 Å². The molecule has 0 fully saturated rings. The third kappa shape index (κ3) is 3.07. The van der Waals surface area contributed by atoms with E-state index in [2.05, 4.69) is 13.8 Å². The molecule has 0 atom stereocenters. The zero-order valence-corrected chi connectivity index (χ0v) is 10.8. The Hall–Kier alpha value is -1.35. The maximum absolute atomic E-state index is 11.7. The van der Waals surface area contributed by atoms with Crippen LogP contribution in [0.15, 0.2) is 18.2 Å². The standard InChI is InChI=1S/C14H21NO2/c1-4-10(5-2)11-6-7-14(17-3)12(8-11)13(16)9-15/h6-8,10H,4-5,9,15H2,1-3H3. The highest BCUT2D eigenvalue weighted by Gasteiger charge is 2.14. The van der Waals surface area contributed by atoms with Crippen LogP contribution in [0.5, 0.6) is 5.75 Å². The van der Waals surface area contributed by atoms with Crippen LogP contribution in [0, 0.1) is 0 Å². The van der Waals surface area contributed by atoms with Crippen LogP contribution in [0.1, 0.15) is 48.5 Å². The lowest BCUT2D eigenvalue weighted by Crippen LogP contribution is -2.15. The number of benzene rings is 1. The average Bonchev–Trinajstić information content (AvgIpc) is 2.39. The van der Waals surface area contributed by atoms with Crippen molar-refractivity contribution in [1.82, 2.24) is 0 Å². The van der Waals surface area contributed by atoms with Crippen LogP contribution in [0.4, 0.5) is 0 Å². The van der Waals surface area contributed by atoms with E-state index in [0.29, 0.717) is 17.2 Å². The van der Waals surface area contributed by atoms with Crippen LogP contribution in [0.2, 0.25) is 0 Å². The Bertz CT molecular complexity index is 384. The number of carbonyl (C=O) groups excluding carboxylic acids is 1. The largest absolute Gasteiger partial charge is 0.496 e. The van der Waals surface area contributed by atoms with Gasteiger partial charge in [-0.2, -0.15) is 0 Å². The number of Topliss-reactive ketones (excluding diaryl/α,β-unsaturated/α-hetero) is 1. The minimum Gasteiger partial charge on any atom is -0.496 e. The van der Waals surface area contributed by atoms with E-state index in [9.17, 15) is 4.79 Å². The number of hydrogen-bond acceptors (Lipinski definition) is 3. The number of ether oxygens (including phenoxy) is 1. The predicted octanol–water partition coefficient (Wildman–Crippen LogP) is 2.74. The van der Waals surface area contributed by atoms with Crippen molar-refractivity contribution in [3.05, 3.63) is 29.3 Å². The molecule has 0 aromatic heterocycles. The first-order chi connectivity index (χ1) is 8.17. The SMILES string of the molecule is CCC(CC)c1ccc(OC)c(C(=O)CN)c1. The molecule has 3 heteroatoms. The summed E-state index contributed by atoms with van der Waals surface area (Å²) in [5.74, 6) is 1.02. The Balaban J connectivity index is 3.16. The molecule has 0 saturated heterocycles. The van der Waals surface area contributed by atoms with E-state index in [0.717, 1.165) is 12.8 Å². The van der Waals surface area contributed by atoms with E-state index >= 15 is 0 Å². The molecule has 94 valence electrons. The fourth-order valence-electron chi connectivity index (χ4n) is 2.07. The summed E-state index contributed by atoms with van der Waals surface area (Å²) in [5, 5.41) is 0. The Morgan fingerprint density at radius 3 is 2.47 bits per heavy atom. The summed E-state index contributed by atoms with van der Waals surface area (Å²) in [5.41, 5.74) is 7.20. The summed E-state index contributed by atoms with van der Waals surface area (Å²) in [7, 11) is 1.57. The van der Waals surface area contributed by atoms with Gasteiger partial charge in [0.05, 0.1) is 19.2 Å². The number of hydrogen-bond donors (Lipinski definition) is 1. The van der Waals surface area contributed by atoms with E-state index in [-0.39, 0.29) is 12.3 Å². The number of ketones is 1. The van der Waals surface area contributed by atoms with E-state index in [1.165, 1.54) is 5.56 Å². The molecule has 1 aromatic carbocycles. The average molecular weight is 235 g/mol. The number of nitrogens with two attached hydrogens (primary N) is 1. The van der Waals surface area contributed by atoms with Gasteiger partial charge in [0, 0.05) is 0 Å². The molecule has 1 rings (SSSR count). The van der Waals surface area contributed by atoms with Crippen molar-refractivity contribution < 1.29 is 9.53 Å². The first-order valence-corrected chi connectivity index (χ1v) is 6.09. The van der Waals surface area contributed by atoms with Crippen molar-refractivity contribution in [3.8, 4) is 5.75 Å². The van der Waals surface area contributed by atoms with Crippen molar-refractivity contribution >= 4 is 5.78 Å². The maximum Gasteiger partial charge on any atom is 0.180 e. The van der Waals surface area contributed by atoms with Gasteiger partial charge in [0.2, 0.25) is 0 Å². The highest BCUT2D eigenvalue weighted by atomic mass is 16.5. The maximum atomic E-state index is 11.7. The van der Waals surface area contributed by atoms with Gasteiger partial charge in [-0.15, -0.1) is 0 Å². The number of carbonyl (C=O) groups is 1. The zero-order valence-electron chi connectivity index (χ0n) is 10.8. The number of methoxy groups -OCH3 is 1. The van der Waals surface area contributed by atoms with Crippen LogP contribution in [0.25, 0.3) is 0 Å². The zero-order chi connectivity index (χ0) is 12.8. The fourth-order valence-corrected chi connectivity index (χ4v) is 2.07. The van der Waals surface area contributed by atoms with Crippen LogP contribution in [0.3, 0.4) is 0 Å². The summed E-state index contributed by atoms with van der Waals surface area (Å²) in [6.45, 7) is 4.33. The Morgan fingerprint density at radius 2 is 2.00 bits per heavy atom. The molecule has 0 saturated carbocycles. The second-order valence-corrected chi connectivity index (χ2v) is 4.10. The molecule has 2 N–H and O–H groups in total. The van der Waals surface area contributed by atoms with E-state index < -0.39 is 0 Å². The molecule has 0 aliphatic carbocycles. The summed E-state index contributed by atoms with van der Waals surface area (Å²) in [6.07, 6.45) is 2.14. The lowest BCUT2D eigenvalue weighted by atomic mass is 9.91. The molecular formula is C14H21NO2. The van der Waals surface area contributed by atoms with Crippen molar-refractivity contribution in [3.63, 3.8) is 0 Å². The topological polar surface area (TPSA) is 52.3 Å². The summed E-state index contributed by atoms with van der Waals surface area (Å²) >= 11 is 0. The molecule has 0 bridgehead atoms. The normalized spacial score (nSPS) is 10.6. The van der Waals surface area contributed by atoms with Gasteiger partial charge in [-0.25, -0.2) is 0 Å². The van der Waals surface area contributed by atoms with Crippen molar-refractivity contribution in [2.75, 3.05) is 13.7 Å². The van der Waals surface area contributed by atoms with Gasteiger partial charge in [-0.3, -0.25) is 4.79 Å². The quantitative estimate of drug-likeness (QED) is 0.771. The predicted molar refractivity (Wildman–Crippen MR) is 69.7 cm³/mol. The monoisotopic (exact) mass is 235 g/mol. The van der Waals surface area contributed by atoms with Crippen LogP contribution < -0.4 is 10.5 Å². The molecule has 0 aliphatic rings. The van der Waals surface area contributed by atoms with Gasteiger partial charge in [-0.05, 0) is 36.5 Å². The summed E-state index contributed by atoms with van der Waals surface area (Å²) < 4.78 is 5.19. The third-order valence-electron chi connectivity index (χ3n) is 3.17. The van der Waals surface area contributed by atoms with Gasteiger partial charge >= 0.3 is 0 Å². The summed E-state index contributed by atoms with van der Waals surface area (Å²) in [6, 6.07) is 5.81. The fraction of sp³-hybridized carbons (Fsp3) is 0.500. The smallest absolute Gasteiger partial charge is 0.180 e. The van der Waals surface area contributed by atoms with Gasteiger partial charge in [0.25, 0.3) is 0 Å². The molecule has 0 heterocycles. The molecule has 0 radical (unpaired) electrons. The molecule has 1 aromatic rings. The van der Waals surface area contributed by atoms with Gasteiger partial charge in [0.15, 0.2) is 5.78 Å². The van der Waals surface area contributed by atoms with E-state index in [4.69, 9.17) is 10.5 Å². The van der Waals surface area contributed by atoms with Crippen LogP contribution in [-0.4, -0.2) is 19.4 Å². The van der Waals surface area contributed by atoms with Gasteiger partial charge in [0.1, 0.15) is 5.75 Å². The van der Waals surface area contributed by atoms with E-state index in [1.807, 2.05) is 18.2 Å². The molecule has 17 heavy (non-hydrogen) atoms. The second-order valence-electron chi connectivity index (χ2n) is 4.10. The lowest BCUT2D eigenvalue weighted by Gasteiger charge is -2.15. The lowest BCUT2D eigenvalue weighted by molar-refractivity contribution is 0.0998. The molecule has 0 spiro atoms. The van der Waals surface area contributed by atoms with Gasteiger partial charge in [-0.1, -0.05) is 19.9 Å². The molecule has 0 unspecified atom stereocenters. The first-order valence-electron chi connectivity index (χ1n) is 6.09. The highest BCUT2D eigenvalue weighted by Crippen LogP contribution is 2.28. The minimum atomic E-state index is -0.0744. The molecule has 3 nitrogen and oxygen atoms in total. The van der Waals surface area contributed by atoms with E-state index in [1.54, 1.807) is 7.11 Å². The van der Waals surface area contributed by atoms with Crippen molar-refractivity contribution in [2.24, 2.45) is 5.73 Å². The Kier molecular flexibility index (Phi) is 5.16. The molecule has 0 amide bonds. The van der Waals surface area contributed by atoms with Crippen LogP contribution in [-0.2, 0) is 0 Å². The van der Waals surface area contributed by atoms with Crippen molar-refractivity contribution in [1.29, 1.82) is 0 Å². The minimum absolute atomic E-state index is 0.0166. The third-order valence-corrected chi connectivity index (χ3v) is 3.17. The molecule has 0 aliphatic heterocycles. The second kappa shape index (κ2) is 6.40. The number of rotatable bonds is 6. The van der Waals surface area contributed by atoms with Gasteiger partial charge < -0.3 is 10.5 Å². The first kappa shape index (κ1) is 13.7. The highest BCUT2D eigenvalue weighted by molar-refractivity contribution is 6.00. The van der Waals surface area contributed by atoms with Crippen LogP contribution >= 0.6 is 0 Å².